The van der Waals surface area contributed by atoms with Crippen LogP contribution in [0.15, 0.2) is 58.1 Å². The van der Waals surface area contributed by atoms with Gasteiger partial charge in [-0.15, -0.1) is 0 Å². The van der Waals surface area contributed by atoms with Crippen molar-refractivity contribution in [1.82, 2.24) is 0 Å². The molecule has 5 nitrogen and oxygen atoms in total. The Morgan fingerprint density at radius 3 is 2.79 bits per heavy atom. The molecule has 0 bridgehead atoms. The summed E-state index contributed by atoms with van der Waals surface area (Å²) in [5.41, 5.74) is 2.81. The first-order valence-corrected chi connectivity index (χ1v) is 10.2. The summed E-state index contributed by atoms with van der Waals surface area (Å²) in [6.45, 7) is 5.99. The van der Waals surface area contributed by atoms with E-state index < -0.39 is 5.97 Å². The maximum atomic E-state index is 12.3. The zero-order valence-electron chi connectivity index (χ0n) is 15.3. The predicted octanol–water partition coefficient (Wildman–Crippen LogP) is 5.28. The molecule has 0 atom stereocenters. The maximum absolute atomic E-state index is 12.3. The van der Waals surface area contributed by atoms with Gasteiger partial charge in [0.05, 0.1) is 11.6 Å². The second-order valence-electron chi connectivity index (χ2n) is 5.93. The lowest BCUT2D eigenvalue weighted by atomic mass is 10.1. The standard InChI is InChI=1S/C21H17BrINO4/c1-4-7-27-19-15(22)9-13(11-18(19)26-3)10-17-21(25)28-20(24-17)14-5-6-16(23)12(2)8-14/h4-6,8-11H,1,7H2,2-3H3/b17-10-. The van der Waals surface area contributed by atoms with Crippen LogP contribution in [0.3, 0.4) is 0 Å². The van der Waals surface area contributed by atoms with E-state index in [1.54, 1.807) is 25.3 Å². The Hall–Kier alpha value is -2.13. The zero-order chi connectivity index (χ0) is 20.3. The average molecular weight is 554 g/mol. The third-order valence-corrected chi connectivity index (χ3v) is 5.73. The zero-order valence-corrected chi connectivity index (χ0v) is 19.0. The van der Waals surface area contributed by atoms with Crippen LogP contribution in [-0.4, -0.2) is 25.6 Å². The van der Waals surface area contributed by atoms with Crippen molar-refractivity contribution in [2.24, 2.45) is 4.99 Å². The van der Waals surface area contributed by atoms with Crippen molar-refractivity contribution < 1.29 is 19.0 Å². The van der Waals surface area contributed by atoms with Gasteiger partial charge in [0.25, 0.3) is 0 Å². The van der Waals surface area contributed by atoms with Crippen LogP contribution in [0.25, 0.3) is 6.08 Å². The van der Waals surface area contributed by atoms with E-state index in [9.17, 15) is 4.79 Å². The van der Waals surface area contributed by atoms with Crippen LogP contribution in [0.5, 0.6) is 11.5 Å². The highest BCUT2D eigenvalue weighted by atomic mass is 127. The van der Waals surface area contributed by atoms with Gasteiger partial charge in [0.15, 0.2) is 17.2 Å². The number of hydrogen-bond acceptors (Lipinski definition) is 5. The van der Waals surface area contributed by atoms with Crippen LogP contribution in [0.1, 0.15) is 16.7 Å². The fraction of sp³-hybridized carbons (Fsp3) is 0.143. The minimum absolute atomic E-state index is 0.222. The summed E-state index contributed by atoms with van der Waals surface area (Å²) in [5.74, 6) is 0.907. The van der Waals surface area contributed by atoms with Crippen LogP contribution >= 0.6 is 38.5 Å². The number of aliphatic imine (C=N–C) groups is 1. The summed E-state index contributed by atoms with van der Waals surface area (Å²) in [4.78, 5) is 16.6. The number of esters is 1. The molecule has 2 aromatic carbocycles. The number of carbonyl (C=O) groups excluding carboxylic acids is 1. The van der Waals surface area contributed by atoms with E-state index in [0.29, 0.717) is 28.5 Å². The normalized spacial score (nSPS) is 14.6. The first kappa shape index (κ1) is 20.6. The lowest BCUT2D eigenvalue weighted by Gasteiger charge is -2.12. The lowest BCUT2D eigenvalue weighted by molar-refractivity contribution is -0.129. The number of rotatable bonds is 6. The van der Waals surface area contributed by atoms with E-state index in [-0.39, 0.29) is 5.70 Å². The highest BCUT2D eigenvalue weighted by Crippen LogP contribution is 2.37. The van der Waals surface area contributed by atoms with Crippen molar-refractivity contribution in [3.05, 3.63) is 73.4 Å². The molecule has 0 amide bonds. The van der Waals surface area contributed by atoms with Gasteiger partial charge in [-0.3, -0.25) is 0 Å². The summed E-state index contributed by atoms with van der Waals surface area (Å²) >= 11 is 5.73. The second kappa shape index (κ2) is 8.91. The first-order valence-electron chi connectivity index (χ1n) is 8.33. The highest BCUT2D eigenvalue weighted by molar-refractivity contribution is 14.1. The first-order chi connectivity index (χ1) is 13.4. The number of hydrogen-bond donors (Lipinski definition) is 0. The maximum Gasteiger partial charge on any atom is 0.363 e. The van der Waals surface area contributed by atoms with Crippen LogP contribution in [0.2, 0.25) is 0 Å². The molecule has 144 valence electrons. The molecule has 7 heteroatoms. The lowest BCUT2D eigenvalue weighted by Crippen LogP contribution is -2.05. The van der Waals surface area contributed by atoms with Gasteiger partial charge in [-0.25, -0.2) is 9.79 Å². The molecular weight excluding hydrogens is 537 g/mol. The van der Waals surface area contributed by atoms with Gasteiger partial charge >= 0.3 is 5.97 Å². The topological polar surface area (TPSA) is 57.1 Å². The highest BCUT2D eigenvalue weighted by Gasteiger charge is 2.24. The van der Waals surface area contributed by atoms with Gasteiger partial charge in [-0.05, 0) is 93.0 Å². The predicted molar refractivity (Wildman–Crippen MR) is 121 cm³/mol. The molecule has 0 unspecified atom stereocenters. The molecule has 0 radical (unpaired) electrons. The summed E-state index contributed by atoms with van der Waals surface area (Å²) in [5, 5.41) is 0. The van der Waals surface area contributed by atoms with E-state index in [0.717, 1.165) is 20.3 Å². The van der Waals surface area contributed by atoms with E-state index in [2.05, 4.69) is 50.1 Å². The van der Waals surface area contributed by atoms with Gasteiger partial charge in [-0.1, -0.05) is 12.7 Å². The summed E-state index contributed by atoms with van der Waals surface area (Å²) < 4.78 is 18.2. The molecule has 1 aliphatic heterocycles. The smallest absolute Gasteiger partial charge is 0.363 e. The minimum Gasteiger partial charge on any atom is -0.493 e. The number of benzene rings is 2. The molecule has 2 aromatic rings. The quantitative estimate of drug-likeness (QED) is 0.211. The molecule has 0 aliphatic carbocycles. The Bertz CT molecular complexity index is 1010. The number of ether oxygens (including phenoxy) is 3. The van der Waals surface area contributed by atoms with Crippen molar-refractivity contribution in [2.75, 3.05) is 13.7 Å². The van der Waals surface area contributed by atoms with Crippen LogP contribution in [0.4, 0.5) is 0 Å². The number of methoxy groups -OCH3 is 1. The largest absolute Gasteiger partial charge is 0.493 e. The molecule has 0 N–H and O–H groups in total. The van der Waals surface area contributed by atoms with E-state index in [1.807, 2.05) is 31.2 Å². The molecule has 3 rings (SSSR count). The molecule has 1 heterocycles. The van der Waals surface area contributed by atoms with Crippen molar-refractivity contribution >= 4 is 56.5 Å². The Kier molecular flexibility index (Phi) is 6.56. The monoisotopic (exact) mass is 553 g/mol. The summed E-state index contributed by atoms with van der Waals surface area (Å²) in [6.07, 6.45) is 3.30. The second-order valence-corrected chi connectivity index (χ2v) is 7.95. The van der Waals surface area contributed by atoms with Crippen LogP contribution < -0.4 is 9.47 Å². The van der Waals surface area contributed by atoms with Crippen molar-refractivity contribution in [3.8, 4) is 11.5 Å². The number of carbonyl (C=O) groups is 1. The van der Waals surface area contributed by atoms with E-state index in [4.69, 9.17) is 14.2 Å². The van der Waals surface area contributed by atoms with Gasteiger partial charge < -0.3 is 14.2 Å². The number of halogens is 2. The van der Waals surface area contributed by atoms with Crippen molar-refractivity contribution in [2.45, 2.75) is 6.92 Å². The van der Waals surface area contributed by atoms with Crippen molar-refractivity contribution in [1.29, 1.82) is 0 Å². The number of aryl methyl sites for hydroxylation is 1. The molecule has 0 saturated carbocycles. The van der Waals surface area contributed by atoms with E-state index in [1.165, 1.54) is 0 Å². The minimum atomic E-state index is -0.492. The molecular formula is C21H17BrINO4. The van der Waals surface area contributed by atoms with Gasteiger partial charge in [0.1, 0.15) is 6.61 Å². The third kappa shape index (κ3) is 4.47. The summed E-state index contributed by atoms with van der Waals surface area (Å²) in [6, 6.07) is 9.39. The van der Waals surface area contributed by atoms with E-state index >= 15 is 0 Å². The molecule has 0 spiro atoms. The molecule has 0 aromatic heterocycles. The molecule has 1 aliphatic rings. The Morgan fingerprint density at radius 2 is 2.11 bits per heavy atom. The average Bonchev–Trinajstić information content (AvgIpc) is 3.03. The Balaban J connectivity index is 1.95. The third-order valence-electron chi connectivity index (χ3n) is 3.93. The van der Waals surface area contributed by atoms with Crippen LogP contribution in [0, 0.1) is 10.5 Å². The fourth-order valence-corrected chi connectivity index (χ4v) is 3.48. The van der Waals surface area contributed by atoms with Gasteiger partial charge in [0, 0.05) is 9.13 Å². The molecule has 0 saturated heterocycles. The molecule has 28 heavy (non-hydrogen) atoms. The number of nitrogens with zero attached hydrogens (tertiary/aromatic N) is 1. The van der Waals surface area contributed by atoms with Crippen molar-refractivity contribution in [3.63, 3.8) is 0 Å². The fourth-order valence-electron chi connectivity index (χ4n) is 2.57. The van der Waals surface area contributed by atoms with Gasteiger partial charge in [-0.2, -0.15) is 0 Å². The SMILES string of the molecule is C=CCOc1c(Br)cc(/C=C2\N=C(c3ccc(I)c(C)c3)OC2=O)cc1OC. The van der Waals surface area contributed by atoms with Gasteiger partial charge in [0.2, 0.25) is 5.90 Å². The number of cyclic esters (lactones) is 1. The Morgan fingerprint density at radius 1 is 1.32 bits per heavy atom. The Labute approximate surface area is 185 Å². The molecule has 0 fully saturated rings. The summed E-state index contributed by atoms with van der Waals surface area (Å²) in [7, 11) is 1.55. The van der Waals surface area contributed by atoms with Crippen LogP contribution in [-0.2, 0) is 9.53 Å².